The summed E-state index contributed by atoms with van der Waals surface area (Å²) < 4.78 is 9.67. The first-order chi connectivity index (χ1) is 15.3. The second-order valence-electron chi connectivity index (χ2n) is 6.80. The number of hydrogen-bond acceptors (Lipinski definition) is 6. The molecule has 32 heavy (non-hydrogen) atoms. The van der Waals surface area contributed by atoms with Gasteiger partial charge in [0.25, 0.3) is 5.56 Å². The number of aliphatic hydroxyl groups is 1. The summed E-state index contributed by atoms with van der Waals surface area (Å²) in [6, 6.07) is 3.41. The van der Waals surface area contributed by atoms with Gasteiger partial charge in [0.2, 0.25) is 0 Å². The highest BCUT2D eigenvalue weighted by Gasteiger charge is 2.22. The highest BCUT2D eigenvalue weighted by Crippen LogP contribution is 2.22. The molecule has 0 unspecified atom stereocenters. The van der Waals surface area contributed by atoms with Gasteiger partial charge < -0.3 is 9.84 Å². The number of ether oxygens (including phenoxy) is 1. The van der Waals surface area contributed by atoms with Gasteiger partial charge in [-0.3, -0.25) is 23.5 Å². The van der Waals surface area contributed by atoms with Gasteiger partial charge in [-0.1, -0.05) is 36.4 Å². The first-order valence-corrected chi connectivity index (χ1v) is 10.3. The van der Waals surface area contributed by atoms with Crippen molar-refractivity contribution < 1.29 is 9.84 Å². The summed E-state index contributed by atoms with van der Waals surface area (Å²) in [4.78, 5) is 34.6. The fraction of sp³-hybridized carbons (Fsp3) is 0.238. The van der Waals surface area contributed by atoms with Crippen molar-refractivity contribution in [3.63, 3.8) is 0 Å². The van der Waals surface area contributed by atoms with Crippen LogP contribution in [0.25, 0.3) is 11.2 Å². The van der Waals surface area contributed by atoms with Crippen LogP contribution in [0.4, 0.5) is 0 Å². The lowest BCUT2D eigenvalue weighted by Gasteiger charge is -2.11. The van der Waals surface area contributed by atoms with E-state index in [0.29, 0.717) is 10.7 Å². The summed E-state index contributed by atoms with van der Waals surface area (Å²) in [6.07, 6.45) is 4.59. The van der Waals surface area contributed by atoms with Crippen molar-refractivity contribution in [3.05, 3.63) is 86.0 Å². The smallest absolute Gasteiger partial charge is 0.332 e. The molecule has 0 aliphatic carbocycles. The van der Waals surface area contributed by atoms with E-state index in [0.717, 1.165) is 4.57 Å². The summed E-state index contributed by atoms with van der Waals surface area (Å²) in [5.74, 6) is 0.247. The van der Waals surface area contributed by atoms with Gasteiger partial charge in [-0.05, 0) is 30.7 Å². The third kappa shape index (κ3) is 4.85. The third-order valence-corrected chi connectivity index (χ3v) is 4.89. The van der Waals surface area contributed by atoms with E-state index in [-0.39, 0.29) is 54.1 Å². The number of aromatic nitrogens is 5. The number of fused-ring (bicyclic) bond motifs is 1. The molecule has 0 fully saturated rings. The molecule has 0 amide bonds. The van der Waals surface area contributed by atoms with Crippen molar-refractivity contribution in [2.24, 2.45) is 7.05 Å². The van der Waals surface area contributed by atoms with Gasteiger partial charge in [0.05, 0.1) is 17.3 Å². The Bertz CT molecular complexity index is 1320. The van der Waals surface area contributed by atoms with Gasteiger partial charge in [-0.15, -0.1) is 0 Å². The molecule has 0 aliphatic heterocycles. The maximum absolute atomic E-state index is 13.3. The maximum atomic E-state index is 13.3. The number of rotatable bonds is 9. The zero-order chi connectivity index (χ0) is 23.4. The van der Waals surface area contributed by atoms with Crippen LogP contribution in [-0.2, 0) is 20.1 Å². The molecule has 9 nitrogen and oxygen atoms in total. The van der Waals surface area contributed by atoms with Gasteiger partial charge in [0, 0.05) is 31.4 Å². The third-order valence-electron chi connectivity index (χ3n) is 4.56. The van der Waals surface area contributed by atoms with Crippen LogP contribution in [0.1, 0.15) is 12.1 Å². The Morgan fingerprint density at radius 2 is 2.06 bits per heavy atom. The summed E-state index contributed by atoms with van der Waals surface area (Å²) in [6.45, 7) is 7.29. The topological polar surface area (TPSA) is 104 Å². The van der Waals surface area contributed by atoms with Crippen LogP contribution >= 0.6 is 23.2 Å². The summed E-state index contributed by atoms with van der Waals surface area (Å²) in [7, 11) is 1.51. The molecule has 11 heteroatoms. The van der Waals surface area contributed by atoms with Crippen molar-refractivity contribution in [1.29, 1.82) is 0 Å². The molecule has 0 radical (unpaired) electrons. The van der Waals surface area contributed by atoms with E-state index in [9.17, 15) is 9.59 Å². The van der Waals surface area contributed by atoms with Gasteiger partial charge in [-0.2, -0.15) is 4.98 Å². The predicted octanol–water partition coefficient (Wildman–Crippen LogP) is 2.58. The number of nitrogens with zero attached hydrogens (tertiary/aromatic N) is 5. The Balaban J connectivity index is 2.28. The van der Waals surface area contributed by atoms with E-state index in [1.165, 1.54) is 34.5 Å². The van der Waals surface area contributed by atoms with E-state index >= 15 is 0 Å². The van der Waals surface area contributed by atoms with Gasteiger partial charge in [0.1, 0.15) is 5.76 Å². The fourth-order valence-electron chi connectivity index (χ4n) is 3.05. The zero-order valence-electron chi connectivity index (χ0n) is 17.3. The normalized spacial score (nSPS) is 11.7. The number of aliphatic hydroxyl groups excluding tert-OH is 1. The lowest BCUT2D eigenvalue weighted by molar-refractivity contribution is 0.277. The molecule has 0 aromatic carbocycles. The number of halogens is 2. The molecule has 3 aromatic rings. The minimum atomic E-state index is -0.557. The molecular weight excluding hydrogens is 457 g/mol. The van der Waals surface area contributed by atoms with Crippen molar-refractivity contribution in [2.75, 3.05) is 6.61 Å². The van der Waals surface area contributed by atoms with Gasteiger partial charge >= 0.3 is 11.7 Å². The van der Waals surface area contributed by atoms with E-state index in [2.05, 4.69) is 23.1 Å². The number of hydrogen-bond donors (Lipinski definition) is 1. The number of allylic oxidation sites excluding steroid dienone is 3. The van der Waals surface area contributed by atoms with Crippen LogP contribution in [0.3, 0.4) is 0 Å². The Morgan fingerprint density at radius 1 is 1.31 bits per heavy atom. The molecule has 0 saturated heterocycles. The van der Waals surface area contributed by atoms with Crippen LogP contribution in [0.15, 0.2) is 64.0 Å². The van der Waals surface area contributed by atoms with Crippen molar-refractivity contribution >= 4 is 34.4 Å². The van der Waals surface area contributed by atoms with E-state index in [1.807, 2.05) is 0 Å². The van der Waals surface area contributed by atoms with Crippen molar-refractivity contribution in [1.82, 2.24) is 23.7 Å². The van der Waals surface area contributed by atoms with Crippen LogP contribution < -0.4 is 16.0 Å². The molecule has 168 valence electrons. The number of aryl methyl sites for hydroxylation is 1. The summed E-state index contributed by atoms with van der Waals surface area (Å²) in [5, 5.41) is 9.83. The molecule has 3 heterocycles. The highest BCUT2D eigenvalue weighted by molar-refractivity contribution is 6.31. The Morgan fingerprint density at radius 3 is 2.66 bits per heavy atom. The monoisotopic (exact) mass is 477 g/mol. The first kappa shape index (κ1) is 23.5. The molecule has 0 saturated carbocycles. The minimum absolute atomic E-state index is 0.0350. The Kier molecular flexibility index (Phi) is 7.34. The molecule has 0 atom stereocenters. The van der Waals surface area contributed by atoms with Gasteiger partial charge in [0.15, 0.2) is 11.2 Å². The highest BCUT2D eigenvalue weighted by atomic mass is 35.5. The zero-order valence-corrected chi connectivity index (χ0v) is 18.8. The van der Waals surface area contributed by atoms with E-state index in [4.69, 9.17) is 33.0 Å². The van der Waals surface area contributed by atoms with Crippen molar-refractivity contribution in [2.45, 2.75) is 19.5 Å². The predicted molar refractivity (Wildman–Crippen MR) is 123 cm³/mol. The van der Waals surface area contributed by atoms with Crippen LogP contribution in [0.5, 0.6) is 6.01 Å². The lowest BCUT2D eigenvalue weighted by atomic mass is 10.3. The lowest BCUT2D eigenvalue weighted by Crippen LogP contribution is -2.40. The maximum Gasteiger partial charge on any atom is 0.332 e. The van der Waals surface area contributed by atoms with Crippen molar-refractivity contribution in [3.8, 4) is 6.01 Å². The van der Waals surface area contributed by atoms with Crippen LogP contribution in [0.2, 0.25) is 5.02 Å². The molecule has 0 bridgehead atoms. The quantitative estimate of drug-likeness (QED) is 0.375. The summed E-state index contributed by atoms with van der Waals surface area (Å²) >= 11 is 11.8. The molecule has 0 spiro atoms. The molecule has 3 rings (SSSR count). The van der Waals surface area contributed by atoms with Crippen LogP contribution in [0, 0.1) is 0 Å². The van der Waals surface area contributed by atoms with E-state index < -0.39 is 11.2 Å². The second-order valence-corrected chi connectivity index (χ2v) is 7.72. The average Bonchev–Trinajstić information content (AvgIpc) is 3.11. The fourth-order valence-corrected chi connectivity index (χ4v) is 3.27. The van der Waals surface area contributed by atoms with Crippen LogP contribution in [-0.4, -0.2) is 35.4 Å². The number of imidazole rings is 1. The molecule has 0 aliphatic rings. The Hall–Kier alpha value is -3.14. The number of pyridine rings is 1. The summed E-state index contributed by atoms with van der Waals surface area (Å²) in [5.41, 5.74) is -0.244. The second kappa shape index (κ2) is 9.99. The molecular formula is C21H21Cl2N5O4. The van der Waals surface area contributed by atoms with E-state index in [1.54, 1.807) is 12.1 Å². The standard InChI is InChI=1S/C21H21Cl2N5O4/c1-4-16(10-13(2)22)32-20-25-18-17(28(20)12-15-7-6-14(23)11-24-15)19(30)27(8-5-9-29)21(31)26(18)3/h4,6-7,10-11,29H,1-2,5,8-9,12H2,3H3/b16-10+. The SMILES string of the molecule is C=C/C(=C\C(=C)Cl)Oc1nc2c(c(=O)n(CCCO)c(=O)n2C)n1Cc1ccc(Cl)cn1. The average molecular weight is 478 g/mol. The minimum Gasteiger partial charge on any atom is -0.425 e. The molecule has 1 N–H and O–H groups in total. The first-order valence-electron chi connectivity index (χ1n) is 9.54. The molecule has 3 aromatic heterocycles. The largest absolute Gasteiger partial charge is 0.425 e. The van der Waals surface area contributed by atoms with Gasteiger partial charge in [-0.25, -0.2) is 4.79 Å². The Labute approximate surface area is 193 Å².